The van der Waals surface area contributed by atoms with Gasteiger partial charge in [0.05, 0.1) is 5.52 Å². The van der Waals surface area contributed by atoms with Gasteiger partial charge in [-0.25, -0.2) is 8.78 Å². The molecule has 3 nitrogen and oxygen atoms in total. The second-order valence-corrected chi connectivity index (χ2v) is 5.54. The van der Waals surface area contributed by atoms with Gasteiger partial charge in [0, 0.05) is 22.3 Å². The van der Waals surface area contributed by atoms with Crippen molar-refractivity contribution in [1.82, 2.24) is 14.6 Å². The van der Waals surface area contributed by atoms with E-state index < -0.39 is 6.43 Å². The maximum Gasteiger partial charge on any atom is 0.264 e. The summed E-state index contributed by atoms with van der Waals surface area (Å²) in [6.07, 6.45) is 1.09. The molecule has 108 valence electrons. The van der Waals surface area contributed by atoms with Gasteiger partial charge < -0.3 is 0 Å². The van der Waals surface area contributed by atoms with Gasteiger partial charge in [-0.2, -0.15) is 0 Å². The Morgan fingerprint density at radius 2 is 2.05 bits per heavy atom. The first-order chi connectivity index (χ1) is 10.1. The molecular formula is C14H10ClF2N3S. The number of benzene rings is 1. The summed E-state index contributed by atoms with van der Waals surface area (Å²) < 4.78 is 28.3. The van der Waals surface area contributed by atoms with Crippen LogP contribution in [-0.2, 0) is 0 Å². The van der Waals surface area contributed by atoms with Crippen LogP contribution in [0.5, 0.6) is 0 Å². The Balaban J connectivity index is 2.29. The second kappa shape index (κ2) is 5.61. The fourth-order valence-corrected chi connectivity index (χ4v) is 2.85. The second-order valence-electron chi connectivity index (χ2n) is 4.33. The predicted octanol–water partition coefficient (Wildman–Crippen LogP) is 4.71. The molecule has 0 unspecified atom stereocenters. The summed E-state index contributed by atoms with van der Waals surface area (Å²) in [6.45, 7) is 0. The van der Waals surface area contributed by atoms with Crippen molar-refractivity contribution >= 4 is 28.9 Å². The molecule has 2 heterocycles. The van der Waals surface area contributed by atoms with Crippen LogP contribution in [0, 0.1) is 0 Å². The molecule has 0 aliphatic carbocycles. The van der Waals surface area contributed by atoms with Crippen molar-refractivity contribution in [3.8, 4) is 11.3 Å². The summed E-state index contributed by atoms with van der Waals surface area (Å²) in [5.74, 6) is 0. The molecule has 3 aromatic rings. The maximum absolute atomic E-state index is 13.2. The van der Waals surface area contributed by atoms with Crippen molar-refractivity contribution in [3.63, 3.8) is 0 Å². The Labute approximate surface area is 129 Å². The molecule has 0 aliphatic heterocycles. The molecule has 2 aromatic heterocycles. The molecule has 0 bridgehead atoms. The highest BCUT2D eigenvalue weighted by molar-refractivity contribution is 7.98. The zero-order chi connectivity index (χ0) is 15.0. The van der Waals surface area contributed by atoms with Crippen LogP contribution in [0.4, 0.5) is 8.78 Å². The average molecular weight is 326 g/mol. The molecule has 0 aliphatic rings. The molecule has 7 heteroatoms. The van der Waals surface area contributed by atoms with Gasteiger partial charge in [-0.1, -0.05) is 29.4 Å². The SMILES string of the molecule is CSc1nnc(-c2ccc(Cl)cc2C(F)F)c2cccn12. The molecule has 3 rings (SSSR count). The van der Waals surface area contributed by atoms with Crippen molar-refractivity contribution in [3.05, 3.63) is 47.1 Å². The van der Waals surface area contributed by atoms with Crippen LogP contribution in [0.1, 0.15) is 12.0 Å². The number of alkyl halides is 2. The third kappa shape index (κ3) is 2.49. The summed E-state index contributed by atoms with van der Waals surface area (Å²) in [7, 11) is 0. The number of nitrogens with zero attached hydrogens (tertiary/aromatic N) is 3. The third-order valence-electron chi connectivity index (χ3n) is 3.12. The normalized spacial score (nSPS) is 11.5. The van der Waals surface area contributed by atoms with E-state index in [0.717, 1.165) is 5.52 Å². The molecule has 0 spiro atoms. The number of hydrogen-bond acceptors (Lipinski definition) is 3. The Bertz CT molecular complexity index is 804. The van der Waals surface area contributed by atoms with Crippen LogP contribution in [0.15, 0.2) is 41.7 Å². The summed E-state index contributed by atoms with van der Waals surface area (Å²) in [6, 6.07) is 8.06. The minimum Gasteiger partial charge on any atom is -0.293 e. The lowest BCUT2D eigenvalue weighted by Gasteiger charge is -2.11. The van der Waals surface area contributed by atoms with Crippen LogP contribution >= 0.6 is 23.4 Å². The minimum absolute atomic E-state index is 0.142. The first kappa shape index (κ1) is 14.3. The van der Waals surface area contributed by atoms with Crippen LogP contribution in [0.3, 0.4) is 0 Å². The number of hydrogen-bond donors (Lipinski definition) is 0. The Morgan fingerprint density at radius 3 is 2.76 bits per heavy atom. The van der Waals surface area contributed by atoms with Crippen molar-refractivity contribution < 1.29 is 8.78 Å². The standard InChI is InChI=1S/C14H10ClF2N3S/c1-21-14-19-18-12(11-3-2-6-20(11)14)9-5-4-8(15)7-10(9)13(16)17/h2-7,13H,1H3. The lowest BCUT2D eigenvalue weighted by molar-refractivity contribution is 0.152. The van der Waals surface area contributed by atoms with E-state index >= 15 is 0 Å². The summed E-state index contributed by atoms with van der Waals surface area (Å²) in [5.41, 5.74) is 1.36. The number of rotatable bonds is 3. The van der Waals surface area contributed by atoms with Crippen LogP contribution in [0.2, 0.25) is 5.02 Å². The molecule has 0 amide bonds. The van der Waals surface area contributed by atoms with E-state index in [-0.39, 0.29) is 10.6 Å². The largest absolute Gasteiger partial charge is 0.293 e. The van der Waals surface area contributed by atoms with Gasteiger partial charge in [0.25, 0.3) is 6.43 Å². The molecule has 0 atom stereocenters. The monoisotopic (exact) mass is 325 g/mol. The number of halogens is 3. The van der Waals surface area contributed by atoms with Crippen LogP contribution in [-0.4, -0.2) is 20.9 Å². The zero-order valence-electron chi connectivity index (χ0n) is 10.9. The van der Waals surface area contributed by atoms with Gasteiger partial charge in [0.1, 0.15) is 5.69 Å². The number of thioether (sulfide) groups is 1. The van der Waals surface area contributed by atoms with Crippen molar-refractivity contribution in [1.29, 1.82) is 0 Å². The molecule has 0 saturated carbocycles. The lowest BCUT2D eigenvalue weighted by atomic mass is 10.0. The van der Waals surface area contributed by atoms with E-state index in [1.807, 2.05) is 29.0 Å². The van der Waals surface area contributed by atoms with Gasteiger partial charge in [0.2, 0.25) is 0 Å². The predicted molar refractivity (Wildman–Crippen MR) is 80.2 cm³/mol. The maximum atomic E-state index is 13.2. The first-order valence-corrected chi connectivity index (χ1v) is 7.68. The van der Waals surface area contributed by atoms with Gasteiger partial charge in [-0.05, 0) is 30.5 Å². The van der Waals surface area contributed by atoms with Gasteiger partial charge in [-0.3, -0.25) is 4.40 Å². The molecule has 0 fully saturated rings. The fourth-order valence-electron chi connectivity index (χ4n) is 2.19. The number of aromatic nitrogens is 3. The topological polar surface area (TPSA) is 30.2 Å². The Kier molecular flexibility index (Phi) is 3.82. The van der Waals surface area contributed by atoms with Crippen molar-refractivity contribution in [2.75, 3.05) is 6.26 Å². The molecule has 0 N–H and O–H groups in total. The van der Waals surface area contributed by atoms with Gasteiger partial charge in [-0.15, -0.1) is 10.2 Å². The van der Waals surface area contributed by atoms with Gasteiger partial charge >= 0.3 is 0 Å². The molecule has 1 aromatic carbocycles. The Hall–Kier alpha value is -1.66. The minimum atomic E-state index is -2.63. The number of fused-ring (bicyclic) bond motifs is 1. The zero-order valence-corrected chi connectivity index (χ0v) is 12.5. The highest BCUT2D eigenvalue weighted by Gasteiger charge is 2.19. The van der Waals surface area contributed by atoms with E-state index in [4.69, 9.17) is 11.6 Å². The molecule has 0 saturated heterocycles. The molecular weight excluding hydrogens is 316 g/mol. The van der Waals surface area contributed by atoms with Crippen LogP contribution in [0.25, 0.3) is 16.8 Å². The smallest absolute Gasteiger partial charge is 0.264 e. The molecule has 0 radical (unpaired) electrons. The summed E-state index contributed by atoms with van der Waals surface area (Å²) >= 11 is 7.26. The third-order valence-corrected chi connectivity index (χ3v) is 4.00. The highest BCUT2D eigenvalue weighted by atomic mass is 35.5. The first-order valence-electron chi connectivity index (χ1n) is 6.07. The highest BCUT2D eigenvalue weighted by Crippen LogP contribution is 2.34. The van der Waals surface area contributed by atoms with E-state index in [9.17, 15) is 8.78 Å². The van der Waals surface area contributed by atoms with Crippen molar-refractivity contribution in [2.24, 2.45) is 0 Å². The summed E-state index contributed by atoms with van der Waals surface area (Å²) in [5, 5.41) is 9.19. The van der Waals surface area contributed by atoms with Crippen molar-refractivity contribution in [2.45, 2.75) is 11.6 Å². The quantitative estimate of drug-likeness (QED) is 0.653. The lowest BCUT2D eigenvalue weighted by Crippen LogP contribution is -2.01. The van der Waals surface area contributed by atoms with E-state index in [2.05, 4.69) is 10.2 Å². The summed E-state index contributed by atoms with van der Waals surface area (Å²) in [4.78, 5) is 0. The van der Waals surface area contributed by atoms with Gasteiger partial charge in [0.15, 0.2) is 5.16 Å². The fraction of sp³-hybridized carbons (Fsp3) is 0.143. The van der Waals surface area contributed by atoms with E-state index in [1.165, 1.54) is 17.8 Å². The molecule has 21 heavy (non-hydrogen) atoms. The van der Waals surface area contributed by atoms with E-state index in [1.54, 1.807) is 12.1 Å². The Morgan fingerprint density at radius 1 is 1.24 bits per heavy atom. The van der Waals surface area contributed by atoms with E-state index in [0.29, 0.717) is 16.4 Å². The van der Waals surface area contributed by atoms with Crippen LogP contribution < -0.4 is 0 Å². The average Bonchev–Trinajstić information content (AvgIpc) is 2.96.